The number of carbonyl (C=O) groups is 1. The predicted molar refractivity (Wildman–Crippen MR) is 76.9 cm³/mol. The Hall–Kier alpha value is -2.23. The number of carbonyl (C=O) groups excluding carboxylic acids is 1. The molecule has 1 aliphatic heterocycles. The summed E-state index contributed by atoms with van der Waals surface area (Å²) in [6.45, 7) is 0.726. The van der Waals surface area contributed by atoms with E-state index in [4.69, 9.17) is 4.74 Å². The summed E-state index contributed by atoms with van der Waals surface area (Å²) in [5.41, 5.74) is 0. The number of fused-ring (bicyclic) bond motifs is 1. The van der Waals surface area contributed by atoms with E-state index < -0.39 is 6.10 Å². The van der Waals surface area contributed by atoms with Gasteiger partial charge in [-0.05, 0) is 54.3 Å². The normalized spacial score (nSPS) is 19.4. The second-order valence-corrected chi connectivity index (χ2v) is 5.09. The number of rotatable bonds is 2. The molecule has 1 atom stereocenters. The molecule has 4 nitrogen and oxygen atoms in total. The summed E-state index contributed by atoms with van der Waals surface area (Å²) in [4.78, 5) is 11.9. The maximum atomic E-state index is 11.9. The standard InChI is InChI=1S/C16H17NO3/c18-13-6-4-11-5-7-14(10-12(11)9-13)20-15-3-1-2-8-17-16(15)19/h4-7,9-10,15,18H,1-3,8H2,(H,17,19). The van der Waals surface area contributed by atoms with Crippen LogP contribution in [-0.4, -0.2) is 23.7 Å². The van der Waals surface area contributed by atoms with Crippen molar-refractivity contribution >= 4 is 16.7 Å². The predicted octanol–water partition coefficient (Wildman–Crippen LogP) is 2.59. The topological polar surface area (TPSA) is 58.6 Å². The van der Waals surface area contributed by atoms with Gasteiger partial charge in [0.2, 0.25) is 0 Å². The Morgan fingerprint density at radius 3 is 2.85 bits per heavy atom. The molecule has 1 unspecified atom stereocenters. The zero-order chi connectivity index (χ0) is 13.9. The van der Waals surface area contributed by atoms with Gasteiger partial charge in [0.25, 0.3) is 5.91 Å². The smallest absolute Gasteiger partial charge is 0.261 e. The largest absolute Gasteiger partial charge is 0.508 e. The molecule has 3 rings (SSSR count). The van der Waals surface area contributed by atoms with Gasteiger partial charge in [-0.1, -0.05) is 12.1 Å². The van der Waals surface area contributed by atoms with Gasteiger partial charge in [0, 0.05) is 6.54 Å². The molecule has 1 aliphatic rings. The fourth-order valence-corrected chi connectivity index (χ4v) is 2.47. The van der Waals surface area contributed by atoms with E-state index in [-0.39, 0.29) is 11.7 Å². The van der Waals surface area contributed by atoms with Crippen LogP contribution >= 0.6 is 0 Å². The molecule has 4 heteroatoms. The molecule has 0 saturated carbocycles. The number of amides is 1. The average Bonchev–Trinajstić information content (AvgIpc) is 2.64. The minimum absolute atomic E-state index is 0.0431. The summed E-state index contributed by atoms with van der Waals surface area (Å²) in [7, 11) is 0. The number of phenols is 1. The van der Waals surface area contributed by atoms with Gasteiger partial charge in [-0.2, -0.15) is 0 Å². The van der Waals surface area contributed by atoms with Crippen LogP contribution in [-0.2, 0) is 4.79 Å². The highest BCUT2D eigenvalue weighted by Gasteiger charge is 2.22. The third-order valence-electron chi connectivity index (χ3n) is 3.56. The Bertz CT molecular complexity index is 639. The summed E-state index contributed by atoms with van der Waals surface area (Å²) in [5, 5.41) is 14.3. The molecular weight excluding hydrogens is 254 g/mol. The summed E-state index contributed by atoms with van der Waals surface area (Å²) in [6.07, 6.45) is 2.30. The van der Waals surface area contributed by atoms with Crippen LogP contribution in [0.5, 0.6) is 11.5 Å². The van der Waals surface area contributed by atoms with Crippen LogP contribution in [0.3, 0.4) is 0 Å². The monoisotopic (exact) mass is 271 g/mol. The van der Waals surface area contributed by atoms with Crippen molar-refractivity contribution in [3.63, 3.8) is 0 Å². The molecule has 1 amide bonds. The lowest BCUT2D eigenvalue weighted by Crippen LogP contribution is -2.36. The molecule has 0 aliphatic carbocycles. The van der Waals surface area contributed by atoms with E-state index in [0.29, 0.717) is 5.75 Å². The molecule has 104 valence electrons. The second kappa shape index (κ2) is 5.41. The van der Waals surface area contributed by atoms with E-state index >= 15 is 0 Å². The molecule has 0 aromatic heterocycles. The highest BCUT2D eigenvalue weighted by Crippen LogP contribution is 2.25. The van der Waals surface area contributed by atoms with E-state index in [1.54, 1.807) is 12.1 Å². The summed E-state index contributed by atoms with van der Waals surface area (Å²) in [6, 6.07) is 10.8. The van der Waals surface area contributed by atoms with Crippen molar-refractivity contribution in [2.75, 3.05) is 6.54 Å². The lowest BCUT2D eigenvalue weighted by atomic mass is 10.1. The van der Waals surface area contributed by atoms with E-state index in [2.05, 4.69) is 5.32 Å². The van der Waals surface area contributed by atoms with Crippen molar-refractivity contribution in [2.24, 2.45) is 0 Å². The minimum Gasteiger partial charge on any atom is -0.508 e. The van der Waals surface area contributed by atoms with E-state index in [9.17, 15) is 9.90 Å². The fourth-order valence-electron chi connectivity index (χ4n) is 2.47. The fraction of sp³-hybridized carbons (Fsp3) is 0.312. The summed E-state index contributed by atoms with van der Waals surface area (Å²) < 4.78 is 5.80. The number of benzene rings is 2. The van der Waals surface area contributed by atoms with Crippen LogP contribution < -0.4 is 10.1 Å². The lowest BCUT2D eigenvalue weighted by Gasteiger charge is -2.16. The number of phenolic OH excluding ortho intramolecular Hbond substituents is 1. The molecule has 1 fully saturated rings. The quantitative estimate of drug-likeness (QED) is 0.882. The molecule has 1 heterocycles. The van der Waals surface area contributed by atoms with E-state index in [0.717, 1.165) is 36.6 Å². The number of aromatic hydroxyl groups is 1. The maximum absolute atomic E-state index is 11.9. The number of nitrogens with one attached hydrogen (secondary N) is 1. The summed E-state index contributed by atoms with van der Waals surface area (Å²) in [5.74, 6) is 0.838. The molecule has 0 spiro atoms. The Morgan fingerprint density at radius 2 is 1.95 bits per heavy atom. The maximum Gasteiger partial charge on any atom is 0.261 e. The Labute approximate surface area is 117 Å². The van der Waals surface area contributed by atoms with Crippen LogP contribution in [0.1, 0.15) is 19.3 Å². The zero-order valence-corrected chi connectivity index (χ0v) is 11.1. The third kappa shape index (κ3) is 2.69. The van der Waals surface area contributed by atoms with Crippen LogP contribution in [0.25, 0.3) is 10.8 Å². The number of ether oxygens (including phenoxy) is 1. The third-order valence-corrected chi connectivity index (χ3v) is 3.56. The van der Waals surface area contributed by atoms with Gasteiger partial charge < -0.3 is 15.2 Å². The van der Waals surface area contributed by atoms with Crippen LogP contribution in [0.15, 0.2) is 36.4 Å². The molecule has 0 radical (unpaired) electrons. The van der Waals surface area contributed by atoms with Crippen molar-refractivity contribution in [1.29, 1.82) is 0 Å². The molecule has 1 saturated heterocycles. The van der Waals surface area contributed by atoms with Crippen molar-refractivity contribution in [3.05, 3.63) is 36.4 Å². The first-order valence-corrected chi connectivity index (χ1v) is 6.89. The van der Waals surface area contributed by atoms with Gasteiger partial charge in [0.05, 0.1) is 0 Å². The minimum atomic E-state index is -0.424. The van der Waals surface area contributed by atoms with Crippen molar-refractivity contribution in [2.45, 2.75) is 25.4 Å². The van der Waals surface area contributed by atoms with Gasteiger partial charge in [-0.15, -0.1) is 0 Å². The van der Waals surface area contributed by atoms with Crippen molar-refractivity contribution in [1.82, 2.24) is 5.32 Å². The number of hydrogen-bond donors (Lipinski definition) is 2. The molecule has 2 N–H and O–H groups in total. The van der Waals surface area contributed by atoms with Crippen LogP contribution in [0, 0.1) is 0 Å². The van der Waals surface area contributed by atoms with Gasteiger partial charge >= 0.3 is 0 Å². The molecular formula is C16H17NO3. The first-order valence-electron chi connectivity index (χ1n) is 6.89. The Morgan fingerprint density at radius 1 is 1.10 bits per heavy atom. The molecule has 0 bridgehead atoms. The summed E-state index contributed by atoms with van der Waals surface area (Å²) >= 11 is 0. The van der Waals surface area contributed by atoms with E-state index in [1.165, 1.54) is 0 Å². The van der Waals surface area contributed by atoms with E-state index in [1.807, 2.05) is 24.3 Å². The van der Waals surface area contributed by atoms with Gasteiger partial charge in [-0.3, -0.25) is 4.79 Å². The number of hydrogen-bond acceptors (Lipinski definition) is 3. The highest BCUT2D eigenvalue weighted by molar-refractivity contribution is 5.85. The van der Waals surface area contributed by atoms with Crippen molar-refractivity contribution in [3.8, 4) is 11.5 Å². The van der Waals surface area contributed by atoms with Gasteiger partial charge in [-0.25, -0.2) is 0 Å². The molecule has 2 aromatic carbocycles. The Kier molecular flexibility index (Phi) is 3.46. The Balaban J connectivity index is 1.84. The van der Waals surface area contributed by atoms with Gasteiger partial charge in [0.1, 0.15) is 11.5 Å². The first-order chi connectivity index (χ1) is 9.72. The van der Waals surface area contributed by atoms with Crippen LogP contribution in [0.2, 0.25) is 0 Å². The SMILES string of the molecule is O=C1NCCCCC1Oc1ccc2ccc(O)cc2c1. The van der Waals surface area contributed by atoms with Crippen molar-refractivity contribution < 1.29 is 14.6 Å². The molecule has 20 heavy (non-hydrogen) atoms. The average molecular weight is 271 g/mol. The van der Waals surface area contributed by atoms with Gasteiger partial charge in [0.15, 0.2) is 6.10 Å². The zero-order valence-electron chi connectivity index (χ0n) is 11.1. The first kappa shape index (κ1) is 12.8. The highest BCUT2D eigenvalue weighted by atomic mass is 16.5. The molecule has 2 aromatic rings. The second-order valence-electron chi connectivity index (χ2n) is 5.09. The van der Waals surface area contributed by atoms with Crippen LogP contribution in [0.4, 0.5) is 0 Å². The lowest BCUT2D eigenvalue weighted by molar-refractivity contribution is -0.127.